The van der Waals surface area contributed by atoms with E-state index in [2.05, 4.69) is 4.98 Å². The second-order valence-corrected chi connectivity index (χ2v) is 5.45. The third-order valence-corrected chi connectivity index (χ3v) is 3.79. The molecule has 0 spiro atoms. The minimum atomic E-state index is 0.0140. The number of likely N-dealkylation sites (tertiary alicyclic amines) is 1. The second-order valence-electron chi connectivity index (χ2n) is 5.45. The lowest BCUT2D eigenvalue weighted by Gasteiger charge is -2.29. The summed E-state index contributed by atoms with van der Waals surface area (Å²) in [5.41, 5.74) is 7.63. The summed E-state index contributed by atoms with van der Waals surface area (Å²) < 4.78 is 0. The molecule has 21 heavy (non-hydrogen) atoms. The monoisotopic (exact) mass is 281 g/mol. The zero-order chi connectivity index (χ0) is 14.7. The Hall–Kier alpha value is -2.20. The number of aromatic nitrogens is 1. The molecule has 3 rings (SSSR count). The summed E-state index contributed by atoms with van der Waals surface area (Å²) >= 11 is 0. The van der Waals surface area contributed by atoms with Crippen LogP contribution in [0.2, 0.25) is 0 Å². The molecule has 1 amide bonds. The zero-order valence-corrected chi connectivity index (χ0v) is 11.9. The number of carbonyl (C=O) groups is 1. The molecule has 2 heterocycles. The highest BCUT2D eigenvalue weighted by Gasteiger charge is 2.19. The number of rotatable bonds is 2. The van der Waals surface area contributed by atoms with Crippen LogP contribution in [0.4, 0.5) is 0 Å². The van der Waals surface area contributed by atoms with Crippen LogP contribution in [0.1, 0.15) is 18.5 Å². The summed E-state index contributed by atoms with van der Waals surface area (Å²) in [7, 11) is 0. The highest BCUT2D eigenvalue weighted by atomic mass is 16.2. The largest absolute Gasteiger partial charge is 0.338 e. The molecule has 1 atom stereocenters. The van der Waals surface area contributed by atoms with Gasteiger partial charge in [-0.1, -0.05) is 24.3 Å². The maximum Gasteiger partial charge on any atom is 0.246 e. The molecule has 1 aliphatic heterocycles. The van der Waals surface area contributed by atoms with Crippen molar-refractivity contribution < 1.29 is 4.79 Å². The normalized spacial score (nSPS) is 19.3. The average molecular weight is 281 g/mol. The van der Waals surface area contributed by atoms with Crippen LogP contribution < -0.4 is 5.73 Å². The maximum atomic E-state index is 12.1. The topological polar surface area (TPSA) is 59.2 Å². The van der Waals surface area contributed by atoms with Gasteiger partial charge in [-0.05, 0) is 31.1 Å². The van der Waals surface area contributed by atoms with Crippen molar-refractivity contribution in [2.75, 3.05) is 13.1 Å². The predicted octanol–water partition coefficient (Wildman–Crippen LogP) is 2.20. The molecular formula is C17H19N3O. The Morgan fingerprint density at radius 1 is 1.29 bits per heavy atom. The quantitative estimate of drug-likeness (QED) is 0.858. The number of hydrogen-bond donors (Lipinski definition) is 1. The fourth-order valence-corrected chi connectivity index (χ4v) is 2.65. The number of fused-ring (bicyclic) bond motifs is 1. The van der Waals surface area contributed by atoms with E-state index in [-0.39, 0.29) is 11.9 Å². The van der Waals surface area contributed by atoms with Gasteiger partial charge in [-0.25, -0.2) is 4.98 Å². The van der Waals surface area contributed by atoms with Gasteiger partial charge in [0.15, 0.2) is 0 Å². The van der Waals surface area contributed by atoms with Crippen molar-refractivity contribution in [3.63, 3.8) is 0 Å². The molecule has 1 aromatic heterocycles. The molecule has 0 radical (unpaired) electrons. The van der Waals surface area contributed by atoms with Gasteiger partial charge in [0, 0.05) is 30.6 Å². The van der Waals surface area contributed by atoms with Crippen molar-refractivity contribution in [2.45, 2.75) is 18.9 Å². The third kappa shape index (κ3) is 3.28. The summed E-state index contributed by atoms with van der Waals surface area (Å²) in [5.74, 6) is 0.0140. The molecular weight excluding hydrogens is 262 g/mol. The Bertz CT molecular complexity index is 681. The first-order chi connectivity index (χ1) is 10.2. The maximum absolute atomic E-state index is 12.1. The summed E-state index contributed by atoms with van der Waals surface area (Å²) in [6.07, 6.45) is 5.35. The van der Waals surface area contributed by atoms with E-state index in [0.717, 1.165) is 36.0 Å². The minimum Gasteiger partial charge on any atom is -0.338 e. The van der Waals surface area contributed by atoms with Gasteiger partial charge in [-0.2, -0.15) is 0 Å². The smallest absolute Gasteiger partial charge is 0.246 e. The second kappa shape index (κ2) is 6.06. The fourth-order valence-electron chi connectivity index (χ4n) is 2.65. The number of nitrogens with two attached hydrogens (primary N) is 1. The average Bonchev–Trinajstić information content (AvgIpc) is 2.52. The van der Waals surface area contributed by atoms with Crippen LogP contribution in [0.5, 0.6) is 0 Å². The van der Waals surface area contributed by atoms with E-state index < -0.39 is 0 Å². The molecule has 1 saturated heterocycles. The standard InChI is InChI=1S/C17H19N3O/c18-14-5-3-11-20(12-14)17(21)10-9-15-8-7-13-4-1-2-6-16(13)19-15/h1-2,4,6-10,14H,3,5,11-12,18H2. The summed E-state index contributed by atoms with van der Waals surface area (Å²) in [6, 6.07) is 12.0. The number of amides is 1. The van der Waals surface area contributed by atoms with E-state index in [1.54, 1.807) is 12.2 Å². The molecule has 1 aliphatic rings. The summed E-state index contributed by atoms with van der Waals surface area (Å²) in [6.45, 7) is 1.44. The fraction of sp³-hybridized carbons (Fsp3) is 0.294. The summed E-state index contributed by atoms with van der Waals surface area (Å²) in [5, 5.41) is 1.10. The molecule has 2 N–H and O–H groups in total. The Morgan fingerprint density at radius 2 is 2.14 bits per heavy atom. The van der Waals surface area contributed by atoms with Crippen LogP contribution in [0.25, 0.3) is 17.0 Å². The van der Waals surface area contributed by atoms with Gasteiger partial charge in [-0.15, -0.1) is 0 Å². The van der Waals surface area contributed by atoms with Crippen LogP contribution in [-0.4, -0.2) is 34.9 Å². The minimum absolute atomic E-state index is 0.0140. The number of pyridine rings is 1. The molecule has 0 saturated carbocycles. The van der Waals surface area contributed by atoms with Crippen molar-refractivity contribution >= 4 is 22.9 Å². The SMILES string of the molecule is NC1CCCN(C(=O)C=Cc2ccc3ccccc3n2)C1. The van der Waals surface area contributed by atoms with Gasteiger partial charge in [0.2, 0.25) is 5.91 Å². The predicted molar refractivity (Wildman–Crippen MR) is 84.6 cm³/mol. The van der Waals surface area contributed by atoms with E-state index in [0.29, 0.717) is 6.54 Å². The highest BCUT2D eigenvalue weighted by Crippen LogP contribution is 2.13. The Labute approximate surface area is 124 Å². The Morgan fingerprint density at radius 3 is 3.00 bits per heavy atom. The molecule has 1 aromatic carbocycles. The van der Waals surface area contributed by atoms with Crippen LogP contribution in [0.3, 0.4) is 0 Å². The lowest BCUT2D eigenvalue weighted by molar-refractivity contribution is -0.127. The van der Waals surface area contributed by atoms with E-state index in [9.17, 15) is 4.79 Å². The van der Waals surface area contributed by atoms with Gasteiger partial charge in [0.25, 0.3) is 0 Å². The van der Waals surface area contributed by atoms with E-state index in [4.69, 9.17) is 5.73 Å². The van der Waals surface area contributed by atoms with Crippen molar-refractivity contribution in [3.05, 3.63) is 48.2 Å². The number of benzene rings is 1. The molecule has 2 aromatic rings. The Kier molecular flexibility index (Phi) is 3.97. The molecule has 4 nitrogen and oxygen atoms in total. The molecule has 0 bridgehead atoms. The van der Waals surface area contributed by atoms with Crippen LogP contribution in [0, 0.1) is 0 Å². The van der Waals surface area contributed by atoms with Crippen molar-refractivity contribution in [2.24, 2.45) is 5.73 Å². The van der Waals surface area contributed by atoms with Gasteiger partial charge in [-0.3, -0.25) is 4.79 Å². The number of para-hydroxylation sites is 1. The molecule has 0 aliphatic carbocycles. The van der Waals surface area contributed by atoms with Gasteiger partial charge < -0.3 is 10.6 Å². The zero-order valence-electron chi connectivity index (χ0n) is 11.9. The van der Waals surface area contributed by atoms with Crippen molar-refractivity contribution in [1.82, 2.24) is 9.88 Å². The van der Waals surface area contributed by atoms with Gasteiger partial charge >= 0.3 is 0 Å². The number of carbonyl (C=O) groups excluding carboxylic acids is 1. The third-order valence-electron chi connectivity index (χ3n) is 3.79. The van der Waals surface area contributed by atoms with Crippen molar-refractivity contribution in [1.29, 1.82) is 0 Å². The first-order valence-electron chi connectivity index (χ1n) is 7.31. The van der Waals surface area contributed by atoms with E-state index in [1.807, 2.05) is 41.3 Å². The number of hydrogen-bond acceptors (Lipinski definition) is 3. The summed E-state index contributed by atoms with van der Waals surface area (Å²) in [4.78, 5) is 18.5. The van der Waals surface area contributed by atoms with E-state index >= 15 is 0 Å². The number of nitrogens with zero attached hydrogens (tertiary/aromatic N) is 2. The lowest BCUT2D eigenvalue weighted by atomic mass is 10.1. The molecule has 1 fully saturated rings. The van der Waals surface area contributed by atoms with Crippen molar-refractivity contribution in [3.8, 4) is 0 Å². The Balaban J connectivity index is 1.73. The molecule has 4 heteroatoms. The highest BCUT2D eigenvalue weighted by molar-refractivity contribution is 5.92. The van der Waals surface area contributed by atoms with Gasteiger partial charge in [0.1, 0.15) is 0 Å². The first-order valence-corrected chi connectivity index (χ1v) is 7.31. The van der Waals surface area contributed by atoms with Gasteiger partial charge in [0.05, 0.1) is 11.2 Å². The molecule has 108 valence electrons. The van der Waals surface area contributed by atoms with Crippen LogP contribution in [-0.2, 0) is 4.79 Å². The van der Waals surface area contributed by atoms with Crippen LogP contribution in [0.15, 0.2) is 42.5 Å². The first kappa shape index (κ1) is 13.8. The number of piperidine rings is 1. The van der Waals surface area contributed by atoms with Crippen LogP contribution >= 0.6 is 0 Å². The van der Waals surface area contributed by atoms with E-state index in [1.165, 1.54) is 0 Å². The molecule has 1 unspecified atom stereocenters. The lowest BCUT2D eigenvalue weighted by Crippen LogP contribution is -2.45.